The van der Waals surface area contributed by atoms with Crippen LogP contribution in [0, 0.1) is 11.8 Å². The first kappa shape index (κ1) is 23.8. The Bertz CT molecular complexity index is 883. The van der Waals surface area contributed by atoms with Crippen molar-refractivity contribution >= 4 is 49.4 Å². The van der Waals surface area contributed by atoms with Gasteiger partial charge >= 0.3 is 5.97 Å². The number of hydrogen-bond donors (Lipinski definition) is 1. The van der Waals surface area contributed by atoms with Gasteiger partial charge in [0.05, 0.1) is 5.02 Å². The van der Waals surface area contributed by atoms with E-state index in [1.165, 1.54) is 0 Å². The second-order valence-electron chi connectivity index (χ2n) is 6.25. The van der Waals surface area contributed by atoms with E-state index in [9.17, 15) is 9.90 Å². The molecule has 1 aliphatic carbocycles. The Morgan fingerprint density at radius 1 is 1.48 bits per heavy atom. The number of hydrogen-bond acceptors (Lipinski definition) is 3. The summed E-state index contributed by atoms with van der Waals surface area (Å²) in [5, 5.41) is 9.60. The molecule has 0 fully saturated rings. The van der Waals surface area contributed by atoms with Crippen molar-refractivity contribution in [3.8, 4) is 17.6 Å². The van der Waals surface area contributed by atoms with E-state index in [-0.39, 0.29) is 10.7 Å². The average Bonchev–Trinajstić information content (AvgIpc) is 2.65. The number of allylic oxidation sites excluding steroid dienone is 5. The molecule has 4 nitrogen and oxygen atoms in total. The van der Waals surface area contributed by atoms with E-state index in [0.29, 0.717) is 24.0 Å². The summed E-state index contributed by atoms with van der Waals surface area (Å²) in [6.45, 7) is 2.41. The van der Waals surface area contributed by atoms with Crippen LogP contribution >= 0.6 is 43.5 Å². The van der Waals surface area contributed by atoms with Crippen LogP contribution in [0.15, 0.2) is 53.1 Å². The summed E-state index contributed by atoms with van der Waals surface area (Å²) in [5.41, 5.74) is 0.771. The fourth-order valence-corrected chi connectivity index (χ4v) is 4.38. The van der Waals surface area contributed by atoms with Crippen LogP contribution in [0.5, 0.6) is 5.75 Å². The monoisotopic (exact) mass is 542 g/mol. The van der Waals surface area contributed by atoms with E-state index in [1.807, 2.05) is 18.2 Å². The second-order valence-corrected chi connectivity index (χ2v) is 9.09. The maximum Gasteiger partial charge on any atom is 0.333 e. The van der Waals surface area contributed by atoms with Gasteiger partial charge < -0.3 is 14.6 Å². The molecule has 0 radical (unpaired) electrons. The van der Waals surface area contributed by atoms with Gasteiger partial charge in [0.1, 0.15) is 16.7 Å². The van der Waals surface area contributed by atoms with Crippen molar-refractivity contribution in [1.29, 1.82) is 0 Å². The molecular weight excluding hydrogens is 523 g/mol. The number of alkyl halides is 1. The number of aliphatic carboxylic acids is 1. The molecule has 0 spiro atoms. The number of carboxylic acid groups (broad SMARTS) is 1. The smallest absolute Gasteiger partial charge is 0.333 e. The number of halogens is 3. The lowest BCUT2D eigenvalue weighted by molar-refractivity contribution is -0.149. The first-order chi connectivity index (χ1) is 13.8. The molecule has 0 bridgehead atoms. The Labute approximate surface area is 192 Å². The molecule has 0 aliphatic heterocycles. The lowest BCUT2D eigenvalue weighted by Gasteiger charge is -2.19. The summed E-state index contributed by atoms with van der Waals surface area (Å²) in [5.74, 6) is 5.71. The number of rotatable bonds is 8. The van der Waals surface area contributed by atoms with Crippen molar-refractivity contribution in [3.05, 3.63) is 63.6 Å². The predicted molar refractivity (Wildman–Crippen MR) is 123 cm³/mol. The fourth-order valence-electron chi connectivity index (χ4n) is 2.58. The number of carbonyl (C=O) groups is 1. The van der Waals surface area contributed by atoms with Crippen molar-refractivity contribution < 1.29 is 19.4 Å². The first-order valence-electron chi connectivity index (χ1n) is 8.99. The van der Waals surface area contributed by atoms with Crippen LogP contribution in [0.3, 0.4) is 0 Å². The highest BCUT2D eigenvalue weighted by Crippen LogP contribution is 2.33. The Hall–Kier alpha value is -1.52. The van der Waals surface area contributed by atoms with Gasteiger partial charge in [-0.1, -0.05) is 79.6 Å². The van der Waals surface area contributed by atoms with Crippen molar-refractivity contribution in [2.45, 2.75) is 30.2 Å². The highest BCUT2D eigenvalue weighted by atomic mass is 79.9. The zero-order valence-corrected chi connectivity index (χ0v) is 19.8. The van der Waals surface area contributed by atoms with Gasteiger partial charge in [-0.05, 0) is 41.3 Å². The van der Waals surface area contributed by atoms with Gasteiger partial charge in [0.2, 0.25) is 0 Å². The fraction of sp³-hybridized carbons (Fsp3) is 0.318. The van der Waals surface area contributed by atoms with E-state index in [1.54, 1.807) is 37.3 Å². The first-order valence-corrected chi connectivity index (χ1v) is 11.0. The lowest BCUT2D eigenvalue weighted by Crippen LogP contribution is -2.26. The highest BCUT2D eigenvalue weighted by molar-refractivity contribution is 9.12. The molecule has 0 aromatic heterocycles. The van der Waals surface area contributed by atoms with Crippen LogP contribution in [0.1, 0.15) is 18.9 Å². The topological polar surface area (TPSA) is 55.8 Å². The van der Waals surface area contributed by atoms with Crippen molar-refractivity contribution in [2.24, 2.45) is 0 Å². The third-order valence-corrected chi connectivity index (χ3v) is 5.52. The van der Waals surface area contributed by atoms with Gasteiger partial charge in [-0.3, -0.25) is 0 Å². The van der Waals surface area contributed by atoms with Crippen LogP contribution < -0.4 is 4.74 Å². The molecule has 1 aromatic carbocycles. The summed E-state index contributed by atoms with van der Waals surface area (Å²) in [6, 6.07) is 5.21. The Morgan fingerprint density at radius 2 is 2.28 bits per heavy atom. The average molecular weight is 545 g/mol. The summed E-state index contributed by atoms with van der Waals surface area (Å²) < 4.78 is 11.6. The van der Waals surface area contributed by atoms with Crippen LogP contribution in [-0.4, -0.2) is 34.7 Å². The van der Waals surface area contributed by atoms with E-state index < -0.39 is 12.1 Å². The maximum absolute atomic E-state index is 11.2. The van der Waals surface area contributed by atoms with Crippen LogP contribution in [0.4, 0.5) is 0 Å². The molecule has 1 N–H and O–H groups in total. The minimum Gasteiger partial charge on any atom is -0.488 e. The van der Waals surface area contributed by atoms with Gasteiger partial charge in [-0.2, -0.15) is 0 Å². The van der Waals surface area contributed by atoms with Crippen LogP contribution in [-0.2, 0) is 16.0 Å². The third kappa shape index (κ3) is 8.02. The standard InChI is InChI=1S/C22H21Br2ClO4/c1-2-28-20(21(26)27)14-16-8-9-19(18(25)13-16)29-12-5-3-4-10-22(24)11-6-7-17(23)15-22/h3,5-9,11,13,20H,2,12,14-15H2,1H3,(H,26,27)/b5-3+/t20-,22?/m0/s1. The molecule has 7 heteroatoms. The van der Waals surface area contributed by atoms with Gasteiger partial charge in [0.25, 0.3) is 0 Å². The molecule has 29 heavy (non-hydrogen) atoms. The Kier molecular flexibility index (Phi) is 9.51. The van der Waals surface area contributed by atoms with Gasteiger partial charge in [-0.15, -0.1) is 0 Å². The Morgan fingerprint density at radius 3 is 2.93 bits per heavy atom. The molecule has 2 rings (SSSR count). The quantitative estimate of drug-likeness (QED) is 0.338. The molecule has 0 heterocycles. The molecule has 1 aromatic rings. The van der Waals surface area contributed by atoms with Gasteiger partial charge in [-0.25, -0.2) is 4.79 Å². The zero-order valence-electron chi connectivity index (χ0n) is 15.8. The van der Waals surface area contributed by atoms with Crippen molar-refractivity contribution in [2.75, 3.05) is 13.2 Å². The van der Waals surface area contributed by atoms with E-state index in [0.717, 1.165) is 16.5 Å². The SMILES string of the molecule is CCO[C@@H](Cc1ccc(OC/C=C/C#CC2(Br)C=CC=C(Br)C2)c(Cl)c1)C(=O)O. The van der Waals surface area contributed by atoms with Crippen LogP contribution in [0.2, 0.25) is 5.02 Å². The summed E-state index contributed by atoms with van der Waals surface area (Å²) in [6.07, 6.45) is 9.64. The normalized spacial score (nSPS) is 19.4. The molecule has 2 atom stereocenters. The minimum atomic E-state index is -0.994. The molecule has 0 amide bonds. The maximum atomic E-state index is 11.2. The van der Waals surface area contributed by atoms with Crippen molar-refractivity contribution in [3.63, 3.8) is 0 Å². The third-order valence-electron chi connectivity index (χ3n) is 3.94. The van der Waals surface area contributed by atoms with Crippen LogP contribution in [0.25, 0.3) is 0 Å². The zero-order chi connectivity index (χ0) is 21.3. The molecular formula is C22H21Br2ClO4. The minimum absolute atomic E-state index is 0.243. The number of benzene rings is 1. The second kappa shape index (κ2) is 11.6. The Balaban J connectivity index is 1.88. The molecule has 0 saturated carbocycles. The summed E-state index contributed by atoms with van der Waals surface area (Å²) >= 11 is 13.4. The van der Waals surface area contributed by atoms with Gasteiger partial charge in [0.15, 0.2) is 6.10 Å². The summed E-state index contributed by atoms with van der Waals surface area (Å²) in [7, 11) is 0. The highest BCUT2D eigenvalue weighted by Gasteiger charge is 2.23. The predicted octanol–water partition coefficient (Wildman–Crippen LogP) is 5.68. The number of carboxylic acids is 1. The van der Waals surface area contributed by atoms with E-state index >= 15 is 0 Å². The molecule has 1 unspecified atom stereocenters. The largest absolute Gasteiger partial charge is 0.488 e. The summed E-state index contributed by atoms with van der Waals surface area (Å²) in [4.78, 5) is 11.2. The van der Waals surface area contributed by atoms with Gasteiger partial charge in [0, 0.05) is 19.4 Å². The molecule has 154 valence electrons. The lowest BCUT2D eigenvalue weighted by atomic mass is 10.0. The van der Waals surface area contributed by atoms with E-state index in [2.05, 4.69) is 43.7 Å². The van der Waals surface area contributed by atoms with Crippen molar-refractivity contribution in [1.82, 2.24) is 0 Å². The van der Waals surface area contributed by atoms with E-state index in [4.69, 9.17) is 21.1 Å². The molecule has 0 saturated heterocycles. The number of ether oxygens (including phenoxy) is 2. The molecule has 1 aliphatic rings.